The van der Waals surface area contributed by atoms with Gasteiger partial charge in [0.05, 0.1) is 22.1 Å². The van der Waals surface area contributed by atoms with Crippen molar-refractivity contribution in [3.05, 3.63) is 248 Å². The summed E-state index contributed by atoms with van der Waals surface area (Å²) in [4.78, 5) is 5.45. The molecule has 12 aromatic rings. The van der Waals surface area contributed by atoms with Crippen molar-refractivity contribution in [2.24, 2.45) is 0 Å². The second-order valence-electron chi connectivity index (χ2n) is 20.7. The Morgan fingerprint density at radius 1 is 0.389 bits per heavy atom. The Bertz CT molecular complexity index is 4100. The zero-order valence-electron chi connectivity index (χ0n) is 40.8. The maximum Gasteiger partial charge on any atom is 0.220 e. The fraction of sp³-hybridized carbons (Fsp3) is 0.0896. The summed E-state index contributed by atoms with van der Waals surface area (Å²) in [6.45, 7) is 9.62. The Kier molecular flexibility index (Phi) is 9.27. The molecule has 72 heavy (non-hydrogen) atoms. The van der Waals surface area contributed by atoms with Gasteiger partial charge in [0.2, 0.25) is 5.78 Å². The van der Waals surface area contributed by atoms with Crippen LogP contribution in [-0.4, -0.2) is 22.0 Å². The van der Waals surface area contributed by atoms with Gasteiger partial charge >= 0.3 is 0 Å². The number of ether oxygens (including phenoxy) is 1. The van der Waals surface area contributed by atoms with Gasteiger partial charge in [-0.15, -0.1) is 0 Å². The monoisotopic (exact) mass is 941 g/mol. The van der Waals surface area contributed by atoms with Crippen LogP contribution in [-0.2, 0) is 10.8 Å². The molecule has 0 fully saturated rings. The van der Waals surface area contributed by atoms with E-state index in [0.717, 1.165) is 50.6 Å². The first-order valence-electron chi connectivity index (χ1n) is 25.1. The van der Waals surface area contributed by atoms with E-state index < -0.39 is 13.5 Å². The van der Waals surface area contributed by atoms with Crippen molar-refractivity contribution in [3.8, 4) is 61.7 Å². The minimum absolute atomic E-state index is 0.347. The molecule has 0 spiro atoms. The van der Waals surface area contributed by atoms with Crippen molar-refractivity contribution < 1.29 is 4.74 Å². The van der Waals surface area contributed by atoms with E-state index >= 15 is 0 Å². The van der Waals surface area contributed by atoms with Crippen LogP contribution in [0.15, 0.2) is 237 Å². The van der Waals surface area contributed by atoms with Gasteiger partial charge in [-0.2, -0.15) is 0 Å². The van der Waals surface area contributed by atoms with Crippen LogP contribution < -0.4 is 25.5 Å². The van der Waals surface area contributed by atoms with Crippen molar-refractivity contribution in [3.63, 3.8) is 0 Å². The standard InChI is InChI=1S/C67H51N3OSi/c1-66(2)56-33-17-22-38-62(56)71-64-57(67(66,3)4)41-44(69-60-36-20-21-37-61(60)70-59-35-19-18-34-58(59)68-65(69)70)42-63(64)72(45-23-7-5-8-24-45,46-25-9-6-10-26-46)47-39-40-54-52-31-14-13-29-50(52)48-27-11-12-28-49(48)51-30-15-16-32-53(51)55(54)43-47/h5-43H,1-4H3. The lowest BCUT2D eigenvalue weighted by Gasteiger charge is -2.42. The molecular formula is C67H51N3OSi. The molecule has 5 heteroatoms. The van der Waals surface area contributed by atoms with Crippen molar-refractivity contribution in [2.75, 3.05) is 0 Å². The summed E-state index contributed by atoms with van der Waals surface area (Å²) in [7, 11) is -3.48. The molecule has 4 nitrogen and oxygen atoms in total. The van der Waals surface area contributed by atoms with Gasteiger partial charge < -0.3 is 4.74 Å². The van der Waals surface area contributed by atoms with E-state index in [9.17, 15) is 0 Å². The van der Waals surface area contributed by atoms with Gasteiger partial charge in [0.1, 0.15) is 11.5 Å². The van der Waals surface area contributed by atoms with E-state index in [4.69, 9.17) is 9.72 Å². The fourth-order valence-electron chi connectivity index (χ4n) is 12.5. The molecule has 1 aliphatic carbocycles. The molecule has 0 amide bonds. The Labute approximate surface area is 421 Å². The summed E-state index contributed by atoms with van der Waals surface area (Å²) in [6.07, 6.45) is 0. The first-order chi connectivity index (χ1) is 35.2. The van der Waals surface area contributed by atoms with Gasteiger partial charge in [0.15, 0.2) is 8.07 Å². The minimum atomic E-state index is -3.48. The number of hydrogen-bond donors (Lipinski definition) is 0. The molecular weight excluding hydrogens is 891 g/mol. The summed E-state index contributed by atoms with van der Waals surface area (Å²) < 4.78 is 12.5. The number of aromatic nitrogens is 3. The lowest BCUT2D eigenvalue weighted by atomic mass is 9.61. The molecule has 0 saturated heterocycles. The van der Waals surface area contributed by atoms with E-state index in [1.807, 2.05) is 0 Å². The molecule has 14 rings (SSSR count). The lowest BCUT2D eigenvalue weighted by molar-refractivity contribution is 0.306. The molecule has 0 N–H and O–H groups in total. The molecule has 2 aliphatic rings. The van der Waals surface area contributed by atoms with E-state index in [-0.39, 0.29) is 5.41 Å². The van der Waals surface area contributed by atoms with Crippen LogP contribution in [0.25, 0.3) is 78.0 Å². The summed E-state index contributed by atoms with van der Waals surface area (Å²) >= 11 is 0. The van der Waals surface area contributed by atoms with E-state index in [0.29, 0.717) is 0 Å². The highest BCUT2D eigenvalue weighted by molar-refractivity contribution is 7.20. The van der Waals surface area contributed by atoms with E-state index in [2.05, 4.69) is 273 Å². The molecule has 0 bridgehead atoms. The second kappa shape index (κ2) is 15.7. The SMILES string of the molecule is CC1(C)c2ccccc2Oc2c(cc(-n3c4ccccc4n4c5ccccc5nc34)cc2[Si](c2ccccc2)(c2ccccc2)c2ccc3c(c2)-c2ccccc2-c2ccccc2-c2ccccc2-3)C1(C)C. The summed E-state index contributed by atoms with van der Waals surface area (Å²) in [6, 6.07) is 87.9. The van der Waals surface area contributed by atoms with Crippen LogP contribution >= 0.6 is 0 Å². The number of nitrogens with zero attached hydrogens (tertiary/aromatic N) is 3. The van der Waals surface area contributed by atoms with Gasteiger partial charge in [-0.25, -0.2) is 4.98 Å². The molecule has 2 aromatic heterocycles. The molecule has 3 heterocycles. The van der Waals surface area contributed by atoms with E-state index in [1.54, 1.807) is 0 Å². The Balaban J connectivity index is 1.17. The minimum Gasteiger partial charge on any atom is -0.457 e. The number of benzene rings is 10. The second-order valence-corrected chi connectivity index (χ2v) is 24.4. The molecule has 1 aliphatic heterocycles. The van der Waals surface area contributed by atoms with Crippen LogP contribution in [0.5, 0.6) is 11.5 Å². The number of imidazole rings is 2. The highest BCUT2D eigenvalue weighted by Crippen LogP contribution is 2.54. The number of hydrogen-bond acceptors (Lipinski definition) is 2. The lowest BCUT2D eigenvalue weighted by Crippen LogP contribution is -2.75. The summed E-state index contributed by atoms with van der Waals surface area (Å²) in [5.74, 6) is 2.69. The number of para-hydroxylation sites is 5. The number of fused-ring (bicyclic) bond motifs is 15. The average Bonchev–Trinajstić information content (AvgIpc) is 3.94. The van der Waals surface area contributed by atoms with Gasteiger partial charge in [0, 0.05) is 27.6 Å². The third kappa shape index (κ3) is 5.89. The van der Waals surface area contributed by atoms with Crippen LogP contribution in [0.4, 0.5) is 0 Å². The van der Waals surface area contributed by atoms with Crippen LogP contribution in [0, 0.1) is 0 Å². The third-order valence-corrected chi connectivity index (χ3v) is 21.4. The van der Waals surface area contributed by atoms with Crippen molar-refractivity contribution >= 4 is 56.7 Å². The molecule has 0 radical (unpaired) electrons. The molecule has 10 aromatic carbocycles. The van der Waals surface area contributed by atoms with Gasteiger partial charge in [-0.05, 0) is 108 Å². The highest BCUT2D eigenvalue weighted by atomic mass is 28.3. The highest BCUT2D eigenvalue weighted by Gasteiger charge is 2.51. The zero-order valence-corrected chi connectivity index (χ0v) is 41.8. The molecule has 344 valence electrons. The first kappa shape index (κ1) is 42.4. The molecule has 0 saturated carbocycles. The third-order valence-electron chi connectivity index (χ3n) is 16.7. The molecule has 0 unspecified atom stereocenters. The molecule has 0 atom stereocenters. The zero-order chi connectivity index (χ0) is 48.3. The largest absolute Gasteiger partial charge is 0.457 e. The van der Waals surface area contributed by atoms with Crippen LogP contribution in [0.1, 0.15) is 38.8 Å². The van der Waals surface area contributed by atoms with Crippen molar-refractivity contribution in [1.82, 2.24) is 14.0 Å². The Morgan fingerprint density at radius 3 is 1.47 bits per heavy atom. The van der Waals surface area contributed by atoms with Crippen molar-refractivity contribution in [2.45, 2.75) is 38.5 Å². The summed E-state index contributed by atoms with van der Waals surface area (Å²) in [5.41, 5.74) is 16.7. The predicted octanol–water partition coefficient (Wildman–Crippen LogP) is 14.2. The van der Waals surface area contributed by atoms with Crippen molar-refractivity contribution in [1.29, 1.82) is 0 Å². The van der Waals surface area contributed by atoms with E-state index in [1.165, 1.54) is 70.8 Å². The van der Waals surface area contributed by atoms with Gasteiger partial charge in [-0.1, -0.05) is 222 Å². The first-order valence-corrected chi connectivity index (χ1v) is 27.1. The van der Waals surface area contributed by atoms with Gasteiger partial charge in [0.25, 0.3) is 0 Å². The van der Waals surface area contributed by atoms with Crippen LogP contribution in [0.2, 0.25) is 0 Å². The fourth-order valence-corrected chi connectivity index (χ4v) is 17.4. The van der Waals surface area contributed by atoms with Crippen LogP contribution in [0.3, 0.4) is 0 Å². The quantitative estimate of drug-likeness (QED) is 0.127. The average molecular weight is 942 g/mol. The normalized spacial score (nSPS) is 14.2. The van der Waals surface area contributed by atoms with Gasteiger partial charge in [-0.3, -0.25) is 8.97 Å². The maximum absolute atomic E-state index is 7.77. The summed E-state index contributed by atoms with van der Waals surface area (Å²) in [5, 5.41) is 5.00. The number of rotatable bonds is 5. The Morgan fingerprint density at radius 2 is 0.861 bits per heavy atom. The maximum atomic E-state index is 7.77. The predicted molar refractivity (Wildman–Crippen MR) is 301 cm³/mol. The smallest absolute Gasteiger partial charge is 0.220 e. The topological polar surface area (TPSA) is 31.5 Å². The Hall–Kier alpha value is -8.51.